The number of anilines is 1. The molecule has 1 aromatic carbocycles. The Morgan fingerprint density at radius 2 is 2.00 bits per heavy atom. The van der Waals surface area contributed by atoms with Gasteiger partial charge in [0.25, 0.3) is 0 Å². The molecule has 0 radical (unpaired) electrons. The van der Waals surface area contributed by atoms with Gasteiger partial charge < -0.3 is 5.32 Å². The second-order valence-electron chi connectivity index (χ2n) is 4.01. The molecular formula is C12H13N5O. The number of hydrogen-bond donors (Lipinski definition) is 1. The van der Waals surface area contributed by atoms with Crippen LogP contribution in [0.1, 0.15) is 13.8 Å². The summed E-state index contributed by atoms with van der Waals surface area (Å²) >= 11 is 0. The van der Waals surface area contributed by atoms with Crippen molar-refractivity contribution in [2.75, 3.05) is 5.32 Å². The van der Waals surface area contributed by atoms with Crippen molar-refractivity contribution in [2.24, 2.45) is 0 Å². The summed E-state index contributed by atoms with van der Waals surface area (Å²) in [5.74, 6) is -0.134. The van der Waals surface area contributed by atoms with E-state index in [0.717, 1.165) is 16.9 Å². The van der Waals surface area contributed by atoms with Crippen molar-refractivity contribution in [3.63, 3.8) is 0 Å². The van der Waals surface area contributed by atoms with Gasteiger partial charge in [-0.25, -0.2) is 4.68 Å². The number of rotatable bonds is 3. The van der Waals surface area contributed by atoms with Gasteiger partial charge in [0, 0.05) is 11.8 Å². The van der Waals surface area contributed by atoms with E-state index in [1.807, 2.05) is 26.0 Å². The van der Waals surface area contributed by atoms with E-state index < -0.39 is 0 Å². The number of nitrogens with zero attached hydrogens (tertiary/aromatic N) is 4. The Bertz CT molecular complexity index is 553. The van der Waals surface area contributed by atoms with E-state index in [1.165, 1.54) is 6.33 Å². The largest absolute Gasteiger partial charge is 0.323 e. The minimum atomic E-state index is -0.134. The molecule has 1 amide bonds. The zero-order valence-corrected chi connectivity index (χ0v) is 10.2. The van der Waals surface area contributed by atoms with Crippen LogP contribution in [0.5, 0.6) is 0 Å². The number of hydrogen-bond acceptors (Lipinski definition) is 4. The lowest BCUT2D eigenvalue weighted by molar-refractivity contribution is -0.111. The second-order valence-corrected chi connectivity index (χ2v) is 4.01. The summed E-state index contributed by atoms with van der Waals surface area (Å²) in [6.07, 6.45) is 3.06. The third-order valence-electron chi connectivity index (χ3n) is 2.17. The molecule has 18 heavy (non-hydrogen) atoms. The topological polar surface area (TPSA) is 72.7 Å². The van der Waals surface area contributed by atoms with Crippen molar-refractivity contribution in [3.8, 4) is 5.69 Å². The first-order valence-electron chi connectivity index (χ1n) is 5.44. The summed E-state index contributed by atoms with van der Waals surface area (Å²) in [6.45, 7) is 3.75. The average molecular weight is 243 g/mol. The maximum Gasteiger partial charge on any atom is 0.248 e. The van der Waals surface area contributed by atoms with Gasteiger partial charge in [-0.3, -0.25) is 4.79 Å². The number of aromatic nitrogens is 4. The highest BCUT2D eigenvalue weighted by molar-refractivity contribution is 5.99. The van der Waals surface area contributed by atoms with Crippen molar-refractivity contribution < 1.29 is 4.79 Å². The first-order valence-corrected chi connectivity index (χ1v) is 5.44. The zero-order valence-electron chi connectivity index (χ0n) is 10.2. The molecule has 0 saturated heterocycles. The molecule has 2 aromatic rings. The highest BCUT2D eigenvalue weighted by Gasteiger charge is 2.00. The lowest BCUT2D eigenvalue weighted by atomic mass is 10.2. The van der Waals surface area contributed by atoms with Gasteiger partial charge in [-0.15, -0.1) is 5.10 Å². The molecule has 1 heterocycles. The summed E-state index contributed by atoms with van der Waals surface area (Å²) in [4.78, 5) is 11.5. The molecule has 6 heteroatoms. The fraction of sp³-hybridized carbons (Fsp3) is 0.167. The SMILES string of the molecule is CC(C)=CC(=O)Nc1ccc(-n2cnnn2)cc1. The average Bonchev–Trinajstić information content (AvgIpc) is 2.82. The highest BCUT2D eigenvalue weighted by Crippen LogP contribution is 2.12. The van der Waals surface area contributed by atoms with Gasteiger partial charge in [0.05, 0.1) is 5.69 Å². The fourth-order valence-electron chi connectivity index (χ4n) is 1.42. The van der Waals surface area contributed by atoms with Gasteiger partial charge >= 0.3 is 0 Å². The first-order chi connectivity index (χ1) is 8.65. The van der Waals surface area contributed by atoms with Crippen LogP contribution >= 0.6 is 0 Å². The molecule has 0 spiro atoms. The van der Waals surface area contributed by atoms with Crippen LogP contribution < -0.4 is 5.32 Å². The molecule has 0 saturated carbocycles. The molecule has 0 fully saturated rings. The molecule has 92 valence electrons. The van der Waals surface area contributed by atoms with E-state index in [4.69, 9.17) is 0 Å². The molecule has 0 bridgehead atoms. The van der Waals surface area contributed by atoms with Gasteiger partial charge in [0.15, 0.2) is 0 Å². The molecule has 2 rings (SSSR count). The number of carbonyl (C=O) groups is 1. The Balaban J connectivity index is 2.09. The third-order valence-corrected chi connectivity index (χ3v) is 2.17. The van der Waals surface area contributed by atoms with Crippen LogP contribution in [0.25, 0.3) is 5.69 Å². The highest BCUT2D eigenvalue weighted by atomic mass is 16.1. The van der Waals surface area contributed by atoms with Crippen molar-refractivity contribution in [3.05, 3.63) is 42.2 Å². The van der Waals surface area contributed by atoms with E-state index in [9.17, 15) is 4.79 Å². The molecule has 1 aromatic heterocycles. The van der Waals surface area contributed by atoms with Crippen LogP contribution in [0.3, 0.4) is 0 Å². The lowest BCUT2D eigenvalue weighted by Crippen LogP contribution is -2.08. The van der Waals surface area contributed by atoms with E-state index in [2.05, 4.69) is 20.8 Å². The Hall–Kier alpha value is -2.50. The smallest absolute Gasteiger partial charge is 0.248 e. The summed E-state index contributed by atoms with van der Waals surface area (Å²) < 4.78 is 1.54. The Labute approximate surface area is 104 Å². The minimum Gasteiger partial charge on any atom is -0.323 e. The summed E-state index contributed by atoms with van der Waals surface area (Å²) in [7, 11) is 0. The van der Waals surface area contributed by atoms with Crippen molar-refractivity contribution in [1.29, 1.82) is 0 Å². The van der Waals surface area contributed by atoms with Crippen molar-refractivity contribution in [2.45, 2.75) is 13.8 Å². The van der Waals surface area contributed by atoms with E-state index in [-0.39, 0.29) is 5.91 Å². The first kappa shape index (κ1) is 12.0. The van der Waals surface area contributed by atoms with E-state index >= 15 is 0 Å². The quantitative estimate of drug-likeness (QED) is 0.830. The molecular weight excluding hydrogens is 230 g/mol. The maximum atomic E-state index is 11.5. The molecule has 0 aliphatic carbocycles. The third kappa shape index (κ3) is 3.00. The maximum absolute atomic E-state index is 11.5. The predicted molar refractivity (Wildman–Crippen MR) is 67.2 cm³/mol. The Kier molecular flexibility index (Phi) is 3.47. The summed E-state index contributed by atoms with van der Waals surface area (Å²) in [6, 6.07) is 7.25. The van der Waals surface area contributed by atoms with E-state index in [1.54, 1.807) is 22.9 Å². The second kappa shape index (κ2) is 5.22. The summed E-state index contributed by atoms with van der Waals surface area (Å²) in [5, 5.41) is 13.7. The number of amides is 1. The van der Waals surface area contributed by atoms with Gasteiger partial charge in [-0.1, -0.05) is 5.57 Å². The van der Waals surface area contributed by atoms with Crippen LogP contribution in [0.4, 0.5) is 5.69 Å². The molecule has 6 nitrogen and oxygen atoms in total. The number of allylic oxidation sites excluding steroid dienone is 1. The minimum absolute atomic E-state index is 0.134. The Morgan fingerprint density at radius 1 is 1.28 bits per heavy atom. The van der Waals surface area contributed by atoms with Crippen molar-refractivity contribution >= 4 is 11.6 Å². The van der Waals surface area contributed by atoms with Crippen LogP contribution in [0.15, 0.2) is 42.2 Å². The number of tetrazole rings is 1. The van der Waals surface area contributed by atoms with E-state index in [0.29, 0.717) is 0 Å². The van der Waals surface area contributed by atoms with Gasteiger partial charge in [0.1, 0.15) is 6.33 Å². The number of carbonyl (C=O) groups excluding carboxylic acids is 1. The molecule has 0 aliphatic heterocycles. The van der Waals surface area contributed by atoms with Crippen LogP contribution in [-0.2, 0) is 4.79 Å². The zero-order chi connectivity index (χ0) is 13.0. The van der Waals surface area contributed by atoms with Gasteiger partial charge in [0.2, 0.25) is 5.91 Å². The van der Waals surface area contributed by atoms with Gasteiger partial charge in [-0.05, 0) is 48.5 Å². The van der Waals surface area contributed by atoms with Crippen LogP contribution in [-0.4, -0.2) is 26.1 Å². The van der Waals surface area contributed by atoms with Crippen LogP contribution in [0, 0.1) is 0 Å². The normalized spacial score (nSPS) is 9.89. The standard InChI is InChI=1S/C12H13N5O/c1-9(2)7-12(18)14-10-3-5-11(6-4-10)17-8-13-15-16-17/h3-8H,1-2H3,(H,14,18). The van der Waals surface area contributed by atoms with Crippen molar-refractivity contribution in [1.82, 2.24) is 20.2 Å². The number of nitrogens with one attached hydrogen (secondary N) is 1. The molecule has 0 unspecified atom stereocenters. The predicted octanol–water partition coefficient (Wildman–Crippen LogP) is 1.57. The van der Waals surface area contributed by atoms with Gasteiger partial charge in [-0.2, -0.15) is 0 Å². The Morgan fingerprint density at radius 3 is 2.56 bits per heavy atom. The monoisotopic (exact) mass is 243 g/mol. The summed E-state index contributed by atoms with van der Waals surface area (Å²) in [5.41, 5.74) is 2.52. The number of benzene rings is 1. The lowest BCUT2D eigenvalue weighted by Gasteiger charge is -2.04. The molecule has 1 N–H and O–H groups in total. The van der Waals surface area contributed by atoms with Crippen LogP contribution in [0.2, 0.25) is 0 Å². The molecule has 0 aliphatic rings. The molecule has 0 atom stereocenters. The fourth-order valence-corrected chi connectivity index (χ4v) is 1.42.